The standard InChI is InChI=1S/C35H38BrN9O4/c1-19(46)30-23-11-24(22-14-37-20(2)38-15-22)39-16-26(23)44(43-30)17-29(47)45-25-12-35(13-27(35)45)18-40-33(49)34(3,4)10-6-5-7-21-8-9-28(36)41-31(21)42-32(25)48/h8-9,11,14-16,25,27H,5-7,10,12-13,17-18H2,1-4H3,(H,40,49)(H,41,42,48)/t25-,27+,35?/m0/s1. The second-order valence-electron chi connectivity index (χ2n) is 14.2. The first-order valence-electron chi connectivity index (χ1n) is 16.6. The normalized spacial score (nSPS) is 23.5. The van der Waals surface area contributed by atoms with E-state index in [0.717, 1.165) is 24.8 Å². The van der Waals surface area contributed by atoms with Crippen LogP contribution in [0.25, 0.3) is 22.2 Å². The van der Waals surface area contributed by atoms with E-state index in [-0.39, 0.29) is 41.8 Å². The van der Waals surface area contributed by atoms with Gasteiger partial charge in [-0.15, -0.1) is 0 Å². The molecule has 49 heavy (non-hydrogen) atoms. The Bertz CT molecular complexity index is 2010. The predicted molar refractivity (Wildman–Crippen MR) is 184 cm³/mol. The summed E-state index contributed by atoms with van der Waals surface area (Å²) in [6, 6.07) is 4.54. The molecule has 3 aliphatic rings. The molecule has 3 amide bonds. The van der Waals surface area contributed by atoms with Crippen LogP contribution in [0.4, 0.5) is 5.82 Å². The van der Waals surface area contributed by atoms with E-state index in [2.05, 4.69) is 51.6 Å². The molecule has 7 rings (SSSR count). The molecule has 6 heterocycles. The molecule has 2 fully saturated rings. The van der Waals surface area contributed by atoms with Crippen molar-refractivity contribution in [1.82, 2.24) is 39.9 Å². The third kappa shape index (κ3) is 6.22. The zero-order valence-corrected chi connectivity index (χ0v) is 29.5. The summed E-state index contributed by atoms with van der Waals surface area (Å²) in [4.78, 5) is 73.7. The number of aromatic nitrogens is 6. The van der Waals surface area contributed by atoms with Gasteiger partial charge in [0.25, 0.3) is 0 Å². The number of amides is 3. The molecule has 14 heteroatoms. The summed E-state index contributed by atoms with van der Waals surface area (Å²) in [6.07, 6.45) is 9.10. The summed E-state index contributed by atoms with van der Waals surface area (Å²) in [6.45, 7) is 7.33. The molecule has 1 saturated carbocycles. The molecule has 2 bridgehead atoms. The van der Waals surface area contributed by atoms with E-state index < -0.39 is 16.9 Å². The van der Waals surface area contributed by atoms with Crippen LogP contribution in [0, 0.1) is 17.8 Å². The number of nitrogens with one attached hydrogen (secondary N) is 2. The Morgan fingerprint density at radius 3 is 2.59 bits per heavy atom. The molecule has 1 spiro atoms. The number of carbonyl (C=O) groups excluding carboxylic acids is 4. The number of fused-ring (bicyclic) bond motifs is 3. The van der Waals surface area contributed by atoms with Gasteiger partial charge in [-0.3, -0.25) is 28.8 Å². The lowest BCUT2D eigenvalue weighted by atomic mass is 9.85. The minimum absolute atomic E-state index is 0.0250. The maximum atomic E-state index is 14.3. The van der Waals surface area contributed by atoms with Crippen molar-refractivity contribution in [3.05, 3.63) is 58.5 Å². The number of ketones is 1. The number of carbonyl (C=O) groups is 4. The number of Topliss-reactive ketones (excluding diaryl/α,β-unsaturated/α-hetero) is 1. The highest BCUT2D eigenvalue weighted by atomic mass is 79.9. The van der Waals surface area contributed by atoms with Gasteiger partial charge >= 0.3 is 0 Å². The molecule has 254 valence electrons. The highest BCUT2D eigenvalue weighted by molar-refractivity contribution is 9.10. The Balaban J connectivity index is 1.21. The lowest BCUT2D eigenvalue weighted by Crippen LogP contribution is -2.47. The molecule has 3 atom stereocenters. The second kappa shape index (κ2) is 12.4. The molecule has 1 unspecified atom stereocenters. The number of halogens is 1. The van der Waals surface area contributed by atoms with Crippen LogP contribution < -0.4 is 10.6 Å². The van der Waals surface area contributed by atoms with Crippen molar-refractivity contribution in [2.24, 2.45) is 10.8 Å². The lowest BCUT2D eigenvalue weighted by Gasteiger charge is -2.27. The second-order valence-corrected chi connectivity index (χ2v) is 15.0. The van der Waals surface area contributed by atoms with Gasteiger partial charge in [0, 0.05) is 53.7 Å². The molecule has 4 aromatic heterocycles. The van der Waals surface area contributed by atoms with Crippen LogP contribution in [0.5, 0.6) is 0 Å². The van der Waals surface area contributed by atoms with Crippen LogP contribution in [0.2, 0.25) is 0 Å². The number of hydrogen-bond donors (Lipinski definition) is 2. The summed E-state index contributed by atoms with van der Waals surface area (Å²) < 4.78 is 2.08. The molecule has 0 radical (unpaired) electrons. The van der Waals surface area contributed by atoms with Gasteiger partial charge < -0.3 is 15.5 Å². The van der Waals surface area contributed by atoms with E-state index in [1.807, 2.05) is 26.0 Å². The largest absolute Gasteiger partial charge is 0.355 e. The summed E-state index contributed by atoms with van der Waals surface area (Å²) in [5, 5.41) is 11.3. The molecule has 1 saturated heterocycles. The van der Waals surface area contributed by atoms with E-state index in [4.69, 9.17) is 0 Å². The Labute approximate surface area is 291 Å². The van der Waals surface area contributed by atoms with Gasteiger partial charge in [-0.25, -0.2) is 15.0 Å². The fraction of sp³-hybridized carbons (Fsp3) is 0.457. The van der Waals surface area contributed by atoms with E-state index >= 15 is 0 Å². The fourth-order valence-corrected chi connectivity index (χ4v) is 7.59. The quantitative estimate of drug-likeness (QED) is 0.229. The van der Waals surface area contributed by atoms with Crippen molar-refractivity contribution >= 4 is 56.2 Å². The maximum Gasteiger partial charge on any atom is 0.248 e. The Kier molecular flexibility index (Phi) is 8.32. The molecular weight excluding hydrogens is 690 g/mol. The fourth-order valence-electron chi connectivity index (χ4n) is 7.28. The number of likely N-dealkylation sites (tertiary alicyclic amines) is 1. The van der Waals surface area contributed by atoms with Crippen LogP contribution in [0.15, 0.2) is 41.4 Å². The van der Waals surface area contributed by atoms with Crippen molar-refractivity contribution in [3.8, 4) is 11.3 Å². The summed E-state index contributed by atoms with van der Waals surface area (Å²) in [7, 11) is 0. The molecule has 2 aliphatic heterocycles. The smallest absolute Gasteiger partial charge is 0.248 e. The first-order valence-corrected chi connectivity index (χ1v) is 17.4. The number of pyridine rings is 2. The van der Waals surface area contributed by atoms with Crippen molar-refractivity contribution in [2.75, 3.05) is 11.9 Å². The number of nitrogens with zero attached hydrogens (tertiary/aromatic N) is 7. The summed E-state index contributed by atoms with van der Waals surface area (Å²) in [5.41, 5.74) is 1.92. The molecular formula is C35H38BrN9O4. The molecule has 2 N–H and O–H groups in total. The number of rotatable bonds is 4. The Hall–Kier alpha value is -4.59. The van der Waals surface area contributed by atoms with Crippen LogP contribution in [-0.2, 0) is 27.3 Å². The van der Waals surface area contributed by atoms with Crippen LogP contribution in [0.1, 0.15) is 74.8 Å². The van der Waals surface area contributed by atoms with E-state index in [9.17, 15) is 19.2 Å². The minimum Gasteiger partial charge on any atom is -0.355 e. The number of hydrogen-bond acceptors (Lipinski definition) is 9. The van der Waals surface area contributed by atoms with Crippen LogP contribution >= 0.6 is 15.9 Å². The number of aryl methyl sites for hydroxylation is 2. The van der Waals surface area contributed by atoms with Crippen molar-refractivity contribution in [2.45, 2.75) is 84.8 Å². The van der Waals surface area contributed by atoms with Crippen LogP contribution in [0.3, 0.4) is 0 Å². The van der Waals surface area contributed by atoms with Crippen molar-refractivity contribution < 1.29 is 19.2 Å². The lowest BCUT2D eigenvalue weighted by molar-refractivity contribution is -0.138. The van der Waals surface area contributed by atoms with E-state index in [1.165, 1.54) is 11.6 Å². The van der Waals surface area contributed by atoms with Gasteiger partial charge in [0.1, 0.15) is 34.5 Å². The van der Waals surface area contributed by atoms with Crippen LogP contribution in [-0.4, -0.2) is 76.7 Å². The number of anilines is 1. The van der Waals surface area contributed by atoms with E-state index in [1.54, 1.807) is 36.5 Å². The SMILES string of the molecule is CC(=O)c1nn(CC(=O)N2[C@H]3CC4(CNC(=O)C(C)(C)CCCCc5ccc(Br)nc5NC3=O)C[C@@H]24)c2cnc(-c3cnc(C)nc3)cc12. The third-order valence-corrected chi connectivity index (χ3v) is 10.7. The van der Waals surface area contributed by atoms with Crippen molar-refractivity contribution in [3.63, 3.8) is 0 Å². The molecule has 0 aromatic carbocycles. The third-order valence-electron chi connectivity index (χ3n) is 10.2. The Morgan fingerprint density at radius 2 is 1.84 bits per heavy atom. The Morgan fingerprint density at radius 1 is 1.06 bits per heavy atom. The zero-order chi connectivity index (χ0) is 34.7. The van der Waals surface area contributed by atoms with Gasteiger partial charge in [0.2, 0.25) is 17.7 Å². The average molecular weight is 729 g/mol. The molecule has 13 nitrogen and oxygen atoms in total. The number of piperidine rings is 1. The monoisotopic (exact) mass is 727 g/mol. The van der Waals surface area contributed by atoms with E-state index in [0.29, 0.717) is 64.2 Å². The first-order chi connectivity index (χ1) is 23.3. The van der Waals surface area contributed by atoms with Gasteiger partial charge in [0.05, 0.1) is 17.4 Å². The molecule has 1 aliphatic carbocycles. The molecule has 4 aromatic rings. The van der Waals surface area contributed by atoms with Gasteiger partial charge in [-0.1, -0.05) is 26.3 Å². The summed E-state index contributed by atoms with van der Waals surface area (Å²) >= 11 is 3.44. The van der Waals surface area contributed by atoms with Gasteiger partial charge in [-0.2, -0.15) is 5.10 Å². The van der Waals surface area contributed by atoms with Crippen molar-refractivity contribution in [1.29, 1.82) is 0 Å². The predicted octanol–water partition coefficient (Wildman–Crippen LogP) is 4.42. The topological polar surface area (TPSA) is 165 Å². The zero-order valence-electron chi connectivity index (χ0n) is 27.9. The highest BCUT2D eigenvalue weighted by Crippen LogP contribution is 2.59. The minimum atomic E-state index is -0.782. The van der Waals surface area contributed by atoms with Gasteiger partial charge in [-0.05, 0) is 72.7 Å². The maximum absolute atomic E-state index is 14.3. The summed E-state index contributed by atoms with van der Waals surface area (Å²) in [5.74, 6) is 0.183. The highest BCUT2D eigenvalue weighted by Gasteiger charge is 2.67. The average Bonchev–Trinajstić information content (AvgIpc) is 3.48. The van der Waals surface area contributed by atoms with Gasteiger partial charge in [0.15, 0.2) is 5.78 Å². The first kappa shape index (κ1) is 32.9.